The molecule has 1 aromatic carbocycles. The maximum atomic E-state index is 13.6. The number of aromatic nitrogens is 1. The summed E-state index contributed by atoms with van der Waals surface area (Å²) < 4.78 is 32.1. The van der Waals surface area contributed by atoms with Crippen LogP contribution in [-0.4, -0.2) is 16.1 Å². The maximum absolute atomic E-state index is 13.6. The van der Waals surface area contributed by atoms with Crippen molar-refractivity contribution >= 4 is 27.6 Å². The van der Waals surface area contributed by atoms with Gasteiger partial charge in [0.1, 0.15) is 0 Å². The van der Waals surface area contributed by atoms with E-state index in [2.05, 4.69) is 20.9 Å². The van der Waals surface area contributed by atoms with Crippen molar-refractivity contribution in [1.29, 1.82) is 0 Å². The van der Waals surface area contributed by atoms with Crippen LogP contribution in [0.2, 0.25) is 0 Å². The third-order valence-corrected chi connectivity index (χ3v) is 2.73. The quantitative estimate of drug-likeness (QED) is 0.835. The van der Waals surface area contributed by atoms with Crippen molar-refractivity contribution in [3.05, 3.63) is 46.1 Å². The number of hydrogen-bond donors (Lipinski definition) is 2. The van der Waals surface area contributed by atoms with Gasteiger partial charge in [0.15, 0.2) is 17.3 Å². The Morgan fingerprint density at radius 3 is 2.70 bits per heavy atom. The van der Waals surface area contributed by atoms with E-state index in [1.54, 1.807) is 0 Å². The molecule has 20 heavy (non-hydrogen) atoms. The predicted molar refractivity (Wildman–Crippen MR) is 69.7 cm³/mol. The smallest absolute Gasteiger partial charge is 0.354 e. The van der Waals surface area contributed by atoms with Crippen molar-refractivity contribution in [3.8, 4) is 11.6 Å². The Labute approximate surface area is 120 Å². The molecule has 2 aromatic rings. The molecule has 0 unspecified atom stereocenters. The number of carboxylic acids is 1. The van der Waals surface area contributed by atoms with Crippen LogP contribution in [0.1, 0.15) is 10.5 Å². The van der Waals surface area contributed by atoms with E-state index in [0.717, 1.165) is 6.07 Å². The molecule has 2 rings (SSSR count). The zero-order valence-electron chi connectivity index (χ0n) is 9.73. The molecular weight excluding hydrogens is 338 g/mol. The molecule has 0 aliphatic carbocycles. The monoisotopic (exact) mass is 344 g/mol. The zero-order valence-corrected chi connectivity index (χ0v) is 11.3. The second-order valence-corrected chi connectivity index (χ2v) is 4.61. The van der Waals surface area contributed by atoms with Crippen molar-refractivity contribution < 1.29 is 23.4 Å². The molecule has 0 spiro atoms. The fourth-order valence-corrected chi connectivity index (χ4v) is 1.77. The molecule has 0 fully saturated rings. The van der Waals surface area contributed by atoms with Crippen LogP contribution < -0.4 is 10.5 Å². The van der Waals surface area contributed by atoms with Crippen LogP contribution in [0.25, 0.3) is 0 Å². The summed E-state index contributed by atoms with van der Waals surface area (Å²) >= 11 is 2.98. The molecule has 1 heterocycles. The molecule has 1 aromatic heterocycles. The number of benzene rings is 1. The van der Waals surface area contributed by atoms with Gasteiger partial charge in [0.25, 0.3) is 0 Å². The molecule has 0 bridgehead atoms. The lowest BCUT2D eigenvalue weighted by Gasteiger charge is -2.09. The molecule has 3 N–H and O–H groups in total. The van der Waals surface area contributed by atoms with E-state index in [9.17, 15) is 13.6 Å². The normalized spacial score (nSPS) is 10.3. The first-order valence-electron chi connectivity index (χ1n) is 5.20. The Morgan fingerprint density at radius 1 is 1.35 bits per heavy atom. The maximum Gasteiger partial charge on any atom is 0.354 e. The number of carbonyl (C=O) groups is 1. The van der Waals surface area contributed by atoms with Crippen molar-refractivity contribution in [2.24, 2.45) is 0 Å². The average Bonchev–Trinajstić information content (AvgIpc) is 2.37. The Balaban J connectivity index is 2.44. The Morgan fingerprint density at radius 2 is 2.05 bits per heavy atom. The van der Waals surface area contributed by atoms with Gasteiger partial charge in [-0.1, -0.05) is 15.9 Å². The number of nitrogens with zero attached hydrogens (tertiary/aromatic N) is 1. The van der Waals surface area contributed by atoms with E-state index < -0.39 is 23.4 Å². The standard InChI is InChI=1S/C12H7BrF2N2O3/c13-5-3-6(14)10(15)9(4-5)20-11-7(16)1-2-8(17-11)12(18)19/h1-4H,16H2,(H,18,19). The lowest BCUT2D eigenvalue weighted by Crippen LogP contribution is -2.04. The first kappa shape index (κ1) is 14.2. The van der Waals surface area contributed by atoms with Gasteiger partial charge < -0.3 is 15.6 Å². The highest BCUT2D eigenvalue weighted by atomic mass is 79.9. The molecule has 0 aliphatic heterocycles. The molecule has 0 saturated carbocycles. The number of nitrogens with two attached hydrogens (primary N) is 1. The van der Waals surface area contributed by atoms with E-state index in [-0.39, 0.29) is 21.7 Å². The molecule has 0 aliphatic rings. The number of rotatable bonds is 3. The van der Waals surface area contributed by atoms with Gasteiger partial charge in [-0.05, 0) is 24.3 Å². The highest BCUT2D eigenvalue weighted by Gasteiger charge is 2.16. The van der Waals surface area contributed by atoms with Gasteiger partial charge >= 0.3 is 5.97 Å². The Bertz CT molecular complexity index is 695. The summed E-state index contributed by atoms with van der Waals surface area (Å²) in [6, 6.07) is 4.51. The number of carboxylic acid groups (broad SMARTS) is 1. The second kappa shape index (κ2) is 5.41. The summed E-state index contributed by atoms with van der Waals surface area (Å²) in [4.78, 5) is 14.4. The van der Waals surface area contributed by atoms with Gasteiger partial charge in [-0.2, -0.15) is 4.39 Å². The summed E-state index contributed by atoms with van der Waals surface area (Å²) in [5.74, 6) is -4.42. The van der Waals surface area contributed by atoms with Crippen LogP contribution in [0.4, 0.5) is 14.5 Å². The van der Waals surface area contributed by atoms with Gasteiger partial charge in [-0.3, -0.25) is 0 Å². The molecule has 0 radical (unpaired) electrons. The van der Waals surface area contributed by atoms with Crippen LogP contribution >= 0.6 is 15.9 Å². The van der Waals surface area contributed by atoms with Gasteiger partial charge in [0, 0.05) is 4.47 Å². The first-order chi connectivity index (χ1) is 9.38. The summed E-state index contributed by atoms with van der Waals surface area (Å²) in [5.41, 5.74) is 5.22. The number of ether oxygens (including phenoxy) is 1. The molecule has 8 heteroatoms. The molecule has 0 atom stereocenters. The van der Waals surface area contributed by atoms with Crippen molar-refractivity contribution in [3.63, 3.8) is 0 Å². The minimum Gasteiger partial charge on any atom is -0.477 e. The minimum absolute atomic E-state index is 0.00483. The van der Waals surface area contributed by atoms with E-state index in [1.807, 2.05) is 0 Å². The van der Waals surface area contributed by atoms with E-state index >= 15 is 0 Å². The van der Waals surface area contributed by atoms with Crippen molar-refractivity contribution in [2.45, 2.75) is 0 Å². The highest BCUT2D eigenvalue weighted by molar-refractivity contribution is 9.10. The number of anilines is 1. The summed E-state index contributed by atoms with van der Waals surface area (Å²) in [6.45, 7) is 0. The molecule has 104 valence electrons. The van der Waals surface area contributed by atoms with Gasteiger partial charge in [-0.25, -0.2) is 14.2 Å². The van der Waals surface area contributed by atoms with Gasteiger partial charge in [0.2, 0.25) is 11.7 Å². The summed E-state index contributed by atoms with van der Waals surface area (Å²) in [5, 5.41) is 8.81. The second-order valence-electron chi connectivity index (χ2n) is 3.70. The van der Waals surface area contributed by atoms with Crippen LogP contribution in [0.5, 0.6) is 11.6 Å². The minimum atomic E-state index is -1.30. The Hall–Kier alpha value is -2.22. The number of halogens is 3. The SMILES string of the molecule is Nc1ccc(C(=O)O)nc1Oc1cc(Br)cc(F)c1F. The van der Waals surface area contributed by atoms with E-state index in [4.69, 9.17) is 15.6 Å². The number of nitrogen functional groups attached to an aromatic ring is 1. The number of pyridine rings is 1. The third kappa shape index (κ3) is 2.85. The van der Waals surface area contributed by atoms with Crippen LogP contribution in [-0.2, 0) is 0 Å². The fourth-order valence-electron chi connectivity index (χ4n) is 1.36. The number of aromatic carboxylic acids is 1. The van der Waals surface area contributed by atoms with Crippen LogP contribution in [0.3, 0.4) is 0 Å². The van der Waals surface area contributed by atoms with Crippen molar-refractivity contribution in [1.82, 2.24) is 4.98 Å². The average molecular weight is 345 g/mol. The van der Waals surface area contributed by atoms with Crippen molar-refractivity contribution in [2.75, 3.05) is 5.73 Å². The highest BCUT2D eigenvalue weighted by Crippen LogP contribution is 2.31. The van der Waals surface area contributed by atoms with Crippen LogP contribution in [0.15, 0.2) is 28.7 Å². The predicted octanol–water partition coefficient (Wildman–Crippen LogP) is 3.20. The fraction of sp³-hybridized carbons (Fsp3) is 0. The number of hydrogen-bond acceptors (Lipinski definition) is 4. The van der Waals surface area contributed by atoms with Crippen LogP contribution in [0, 0.1) is 11.6 Å². The van der Waals surface area contributed by atoms with E-state index in [1.165, 1.54) is 18.2 Å². The molecular formula is C12H7BrF2N2O3. The Kier molecular flexibility index (Phi) is 3.84. The van der Waals surface area contributed by atoms with Gasteiger partial charge in [-0.15, -0.1) is 0 Å². The first-order valence-corrected chi connectivity index (χ1v) is 6.00. The largest absolute Gasteiger partial charge is 0.477 e. The summed E-state index contributed by atoms with van der Waals surface area (Å²) in [7, 11) is 0. The van der Waals surface area contributed by atoms with E-state index in [0.29, 0.717) is 0 Å². The lowest BCUT2D eigenvalue weighted by atomic mass is 10.3. The van der Waals surface area contributed by atoms with Gasteiger partial charge in [0.05, 0.1) is 5.69 Å². The third-order valence-electron chi connectivity index (χ3n) is 2.28. The molecule has 0 amide bonds. The molecule has 5 nitrogen and oxygen atoms in total. The lowest BCUT2D eigenvalue weighted by molar-refractivity contribution is 0.0689. The molecule has 0 saturated heterocycles. The zero-order chi connectivity index (χ0) is 14.9. The summed E-state index contributed by atoms with van der Waals surface area (Å²) in [6.07, 6.45) is 0. The topological polar surface area (TPSA) is 85.4 Å².